The lowest BCUT2D eigenvalue weighted by atomic mass is 9.91. The molecule has 0 saturated carbocycles. The molecule has 154 valence electrons. The average Bonchev–Trinajstić information content (AvgIpc) is 3.07. The molecule has 1 heterocycles. The number of hydrogen-bond donors (Lipinski definition) is 5. The van der Waals surface area contributed by atoms with Crippen molar-refractivity contribution in [3.8, 4) is 11.1 Å². The van der Waals surface area contributed by atoms with Gasteiger partial charge in [-0.15, -0.1) is 0 Å². The number of carbonyl (C=O) groups excluding carboxylic acids is 1. The van der Waals surface area contributed by atoms with Crippen LogP contribution in [0.25, 0.3) is 11.1 Å². The predicted octanol–water partition coefficient (Wildman–Crippen LogP) is -0.529. The van der Waals surface area contributed by atoms with Crippen molar-refractivity contribution in [1.82, 2.24) is 0 Å². The van der Waals surface area contributed by atoms with Crippen LogP contribution in [0.3, 0.4) is 0 Å². The lowest BCUT2D eigenvalue weighted by Gasteiger charge is -2.44. The standard InChI is InChI=1S/C21H23NO7/c22-19-18(25)17(24)16(9-23)29-21(19,27)20(26)28-10-15-13-7-3-1-5-11(13)12-6-2-4-8-14(12)15/h1-8,15-19,23-25,27H,9-10,22H2/t16-,17+,18+,19-,21?/m1/s1. The number of aliphatic hydroxyl groups excluding tert-OH is 3. The highest BCUT2D eigenvalue weighted by Crippen LogP contribution is 2.44. The van der Waals surface area contributed by atoms with E-state index in [-0.39, 0.29) is 12.5 Å². The van der Waals surface area contributed by atoms with E-state index in [9.17, 15) is 25.2 Å². The molecule has 2 aromatic carbocycles. The number of benzene rings is 2. The summed E-state index contributed by atoms with van der Waals surface area (Å²) >= 11 is 0. The fourth-order valence-electron chi connectivity index (χ4n) is 4.07. The Morgan fingerprint density at radius 1 is 1.03 bits per heavy atom. The number of nitrogens with two attached hydrogens (primary N) is 1. The van der Waals surface area contributed by atoms with E-state index in [4.69, 9.17) is 15.2 Å². The summed E-state index contributed by atoms with van der Waals surface area (Å²) in [6.45, 7) is -0.794. The van der Waals surface area contributed by atoms with Crippen LogP contribution >= 0.6 is 0 Å². The molecule has 1 unspecified atom stereocenters. The van der Waals surface area contributed by atoms with Crippen LogP contribution in [-0.2, 0) is 14.3 Å². The van der Waals surface area contributed by atoms with Gasteiger partial charge in [-0.3, -0.25) is 0 Å². The molecule has 2 aromatic rings. The zero-order valence-electron chi connectivity index (χ0n) is 15.5. The molecular formula is C21H23NO7. The number of rotatable bonds is 4. The lowest BCUT2D eigenvalue weighted by molar-refractivity contribution is -0.308. The van der Waals surface area contributed by atoms with Crippen LogP contribution in [0.15, 0.2) is 48.5 Å². The summed E-state index contributed by atoms with van der Waals surface area (Å²) in [5, 5.41) is 39.9. The van der Waals surface area contributed by atoms with Gasteiger partial charge < -0.3 is 35.6 Å². The highest BCUT2D eigenvalue weighted by Gasteiger charge is 2.57. The Balaban J connectivity index is 1.56. The van der Waals surface area contributed by atoms with Crippen molar-refractivity contribution in [3.05, 3.63) is 59.7 Å². The summed E-state index contributed by atoms with van der Waals surface area (Å²) in [6.07, 6.45) is -4.60. The summed E-state index contributed by atoms with van der Waals surface area (Å²) < 4.78 is 10.5. The predicted molar refractivity (Wildman–Crippen MR) is 102 cm³/mol. The molecule has 0 bridgehead atoms. The molecule has 8 heteroatoms. The van der Waals surface area contributed by atoms with Crippen molar-refractivity contribution in [1.29, 1.82) is 0 Å². The Bertz CT molecular complexity index is 872. The molecule has 29 heavy (non-hydrogen) atoms. The van der Waals surface area contributed by atoms with Gasteiger partial charge in [-0.05, 0) is 22.3 Å². The van der Waals surface area contributed by atoms with Crippen molar-refractivity contribution in [2.45, 2.75) is 36.1 Å². The molecule has 1 fully saturated rings. The molecule has 2 aliphatic rings. The van der Waals surface area contributed by atoms with E-state index in [1.165, 1.54) is 0 Å². The normalized spacial score (nSPS) is 31.2. The Morgan fingerprint density at radius 3 is 2.14 bits per heavy atom. The molecule has 6 N–H and O–H groups in total. The van der Waals surface area contributed by atoms with E-state index in [1.807, 2.05) is 48.5 Å². The lowest BCUT2D eigenvalue weighted by Crippen LogP contribution is -2.71. The smallest absolute Gasteiger partial charge is 0.368 e. The van der Waals surface area contributed by atoms with Crippen molar-refractivity contribution in [2.24, 2.45) is 5.73 Å². The summed E-state index contributed by atoms with van der Waals surface area (Å²) in [5.41, 5.74) is 9.81. The fraction of sp³-hybridized carbons (Fsp3) is 0.381. The van der Waals surface area contributed by atoms with Crippen LogP contribution in [0.1, 0.15) is 17.0 Å². The summed E-state index contributed by atoms with van der Waals surface area (Å²) in [7, 11) is 0. The Morgan fingerprint density at radius 2 is 1.59 bits per heavy atom. The largest absolute Gasteiger partial charge is 0.461 e. The van der Waals surface area contributed by atoms with Crippen LogP contribution in [-0.4, -0.2) is 69.8 Å². The number of fused-ring (bicyclic) bond motifs is 3. The molecule has 1 aliphatic heterocycles. The first-order chi connectivity index (χ1) is 13.9. The molecular weight excluding hydrogens is 378 g/mol. The Hall–Kier alpha value is -2.33. The van der Waals surface area contributed by atoms with Crippen LogP contribution in [0.5, 0.6) is 0 Å². The first kappa shape index (κ1) is 20.0. The third-order valence-electron chi connectivity index (χ3n) is 5.70. The van der Waals surface area contributed by atoms with E-state index in [0.717, 1.165) is 22.3 Å². The van der Waals surface area contributed by atoms with Crippen molar-refractivity contribution < 1.29 is 34.7 Å². The van der Waals surface area contributed by atoms with Gasteiger partial charge in [0.05, 0.1) is 12.6 Å². The number of esters is 1. The second-order valence-corrected chi connectivity index (χ2v) is 7.37. The van der Waals surface area contributed by atoms with Gasteiger partial charge in [-0.2, -0.15) is 0 Å². The molecule has 1 saturated heterocycles. The van der Waals surface area contributed by atoms with Gasteiger partial charge in [0, 0.05) is 5.92 Å². The SMILES string of the molecule is N[C@@H]1[C@@H](O)[C@@H](O)[C@@H](CO)OC1(O)C(=O)OCC1c2ccccc2-c2ccccc21. The molecule has 0 amide bonds. The molecule has 0 aromatic heterocycles. The van der Waals surface area contributed by atoms with Gasteiger partial charge in [-0.25, -0.2) is 4.79 Å². The molecule has 4 rings (SSSR count). The maximum absolute atomic E-state index is 12.7. The van der Waals surface area contributed by atoms with Crippen LogP contribution in [0.4, 0.5) is 0 Å². The van der Waals surface area contributed by atoms with Gasteiger partial charge in [0.2, 0.25) is 0 Å². The maximum atomic E-state index is 12.7. The number of hydrogen-bond acceptors (Lipinski definition) is 8. The van der Waals surface area contributed by atoms with E-state index in [1.54, 1.807) is 0 Å². The van der Waals surface area contributed by atoms with Crippen LogP contribution in [0.2, 0.25) is 0 Å². The quantitative estimate of drug-likeness (QED) is 0.431. The number of ether oxygens (including phenoxy) is 2. The van der Waals surface area contributed by atoms with E-state index >= 15 is 0 Å². The molecule has 0 radical (unpaired) electrons. The van der Waals surface area contributed by atoms with Crippen LogP contribution in [0, 0.1) is 0 Å². The summed E-state index contributed by atoms with van der Waals surface area (Å²) in [5.74, 6) is -4.11. The van der Waals surface area contributed by atoms with Gasteiger partial charge in [0.15, 0.2) is 0 Å². The average molecular weight is 401 g/mol. The topological polar surface area (TPSA) is 142 Å². The molecule has 8 nitrogen and oxygen atoms in total. The van der Waals surface area contributed by atoms with Crippen LogP contribution < -0.4 is 5.73 Å². The van der Waals surface area contributed by atoms with Gasteiger partial charge >= 0.3 is 5.97 Å². The van der Waals surface area contributed by atoms with E-state index in [0.29, 0.717) is 0 Å². The first-order valence-corrected chi connectivity index (χ1v) is 9.36. The minimum atomic E-state index is -2.69. The van der Waals surface area contributed by atoms with Crippen molar-refractivity contribution in [2.75, 3.05) is 13.2 Å². The van der Waals surface area contributed by atoms with Gasteiger partial charge in [-0.1, -0.05) is 48.5 Å². The third-order valence-corrected chi connectivity index (χ3v) is 5.70. The molecule has 1 aliphatic carbocycles. The van der Waals surface area contributed by atoms with Crippen molar-refractivity contribution >= 4 is 5.97 Å². The monoisotopic (exact) mass is 401 g/mol. The summed E-state index contributed by atoms with van der Waals surface area (Å²) in [4.78, 5) is 12.7. The Kier molecular flexibility index (Phi) is 5.16. The van der Waals surface area contributed by atoms with Gasteiger partial charge in [0.1, 0.15) is 24.9 Å². The zero-order valence-corrected chi connectivity index (χ0v) is 15.5. The summed E-state index contributed by atoms with van der Waals surface area (Å²) in [6, 6.07) is 13.9. The Labute approximate surface area is 167 Å². The molecule has 5 atom stereocenters. The minimum absolute atomic E-state index is 0.0757. The van der Waals surface area contributed by atoms with E-state index in [2.05, 4.69) is 0 Å². The second kappa shape index (κ2) is 7.49. The zero-order chi connectivity index (χ0) is 20.8. The van der Waals surface area contributed by atoms with Gasteiger partial charge in [0.25, 0.3) is 5.79 Å². The maximum Gasteiger partial charge on any atom is 0.368 e. The van der Waals surface area contributed by atoms with E-state index < -0.39 is 42.7 Å². The van der Waals surface area contributed by atoms with Crippen molar-refractivity contribution in [3.63, 3.8) is 0 Å². The second-order valence-electron chi connectivity index (χ2n) is 7.37. The molecule has 0 spiro atoms. The minimum Gasteiger partial charge on any atom is -0.461 e. The fourth-order valence-corrected chi connectivity index (χ4v) is 4.07. The number of aliphatic hydroxyl groups is 4. The highest BCUT2D eigenvalue weighted by molar-refractivity contribution is 5.81. The number of carbonyl (C=O) groups is 1. The highest BCUT2D eigenvalue weighted by atomic mass is 16.7. The first-order valence-electron chi connectivity index (χ1n) is 9.36. The third kappa shape index (κ3) is 3.14.